The number of benzene rings is 2. The summed E-state index contributed by atoms with van der Waals surface area (Å²) in [6.07, 6.45) is 0. The van der Waals surface area contributed by atoms with E-state index in [9.17, 15) is 19.5 Å². The fraction of sp³-hybridized carbons (Fsp3) is 0.118. The van der Waals surface area contributed by atoms with Crippen LogP contribution in [0.3, 0.4) is 0 Å². The van der Waals surface area contributed by atoms with E-state index < -0.39 is 29.1 Å². The lowest BCUT2D eigenvalue weighted by Gasteiger charge is -2.28. The molecule has 0 saturated heterocycles. The number of aliphatic carboxylic acids is 1. The largest absolute Gasteiger partial charge is 0.479 e. The Morgan fingerprint density at radius 3 is 1.74 bits per heavy atom. The standard InChI is InChI=1S/C17H16N2O4/c18-14(13(20)11-7-3-1-4-8-11)17(19,16(22)23)15(21)12-9-5-2-6-10-12/h1-10,14H,18-19H2,(H,22,23). The Kier molecular flexibility index (Phi) is 4.68. The molecule has 0 aliphatic heterocycles. The number of rotatable bonds is 6. The molecule has 0 heterocycles. The molecule has 0 aliphatic carbocycles. The van der Waals surface area contributed by atoms with Crippen molar-refractivity contribution in [1.82, 2.24) is 0 Å². The molecule has 2 aromatic rings. The Morgan fingerprint density at radius 2 is 1.30 bits per heavy atom. The van der Waals surface area contributed by atoms with Gasteiger partial charge in [0.25, 0.3) is 0 Å². The number of carboxylic acid groups (broad SMARTS) is 1. The Balaban J connectivity index is 2.43. The number of nitrogens with two attached hydrogens (primary N) is 2. The van der Waals surface area contributed by atoms with Crippen LogP contribution in [0.25, 0.3) is 0 Å². The van der Waals surface area contributed by atoms with Crippen LogP contribution in [0, 0.1) is 0 Å². The fourth-order valence-electron chi connectivity index (χ4n) is 2.19. The minimum absolute atomic E-state index is 0.0775. The van der Waals surface area contributed by atoms with E-state index in [4.69, 9.17) is 11.5 Å². The minimum Gasteiger partial charge on any atom is -0.479 e. The summed E-state index contributed by atoms with van der Waals surface area (Å²) in [5.41, 5.74) is 9.32. The second-order valence-electron chi connectivity index (χ2n) is 5.08. The molecule has 2 unspecified atom stereocenters. The van der Waals surface area contributed by atoms with E-state index in [1.165, 1.54) is 24.3 Å². The monoisotopic (exact) mass is 312 g/mol. The van der Waals surface area contributed by atoms with Gasteiger partial charge in [0.15, 0.2) is 11.6 Å². The zero-order chi connectivity index (χ0) is 17.0. The predicted octanol–water partition coefficient (Wildman–Crippen LogP) is 0.862. The summed E-state index contributed by atoms with van der Waals surface area (Å²) in [4.78, 5) is 36.6. The molecular formula is C17H16N2O4. The van der Waals surface area contributed by atoms with Crippen molar-refractivity contribution in [1.29, 1.82) is 0 Å². The van der Waals surface area contributed by atoms with Gasteiger partial charge in [-0.15, -0.1) is 0 Å². The molecule has 0 saturated carbocycles. The first-order valence-corrected chi connectivity index (χ1v) is 6.86. The van der Waals surface area contributed by atoms with Crippen molar-refractivity contribution in [2.45, 2.75) is 11.6 Å². The molecule has 0 spiro atoms. The summed E-state index contributed by atoms with van der Waals surface area (Å²) >= 11 is 0. The second-order valence-corrected chi connectivity index (χ2v) is 5.08. The molecule has 0 fully saturated rings. The average Bonchev–Trinajstić information content (AvgIpc) is 2.60. The van der Waals surface area contributed by atoms with Crippen molar-refractivity contribution in [2.75, 3.05) is 0 Å². The molecule has 0 aromatic heterocycles. The smallest absolute Gasteiger partial charge is 0.334 e. The van der Waals surface area contributed by atoms with E-state index in [0.717, 1.165) is 0 Å². The predicted molar refractivity (Wildman–Crippen MR) is 84.1 cm³/mol. The van der Waals surface area contributed by atoms with Crippen molar-refractivity contribution in [3.8, 4) is 0 Å². The molecular weight excluding hydrogens is 296 g/mol. The normalized spacial score (nSPS) is 14.5. The van der Waals surface area contributed by atoms with Crippen LogP contribution in [0.15, 0.2) is 60.7 Å². The topological polar surface area (TPSA) is 123 Å². The van der Waals surface area contributed by atoms with E-state index in [2.05, 4.69) is 0 Å². The Bertz CT molecular complexity index is 731. The van der Waals surface area contributed by atoms with Crippen LogP contribution in [0.5, 0.6) is 0 Å². The summed E-state index contributed by atoms with van der Waals surface area (Å²) < 4.78 is 0. The van der Waals surface area contributed by atoms with Crippen molar-refractivity contribution in [3.63, 3.8) is 0 Å². The van der Waals surface area contributed by atoms with Gasteiger partial charge in [-0.2, -0.15) is 0 Å². The van der Waals surface area contributed by atoms with Crippen LogP contribution < -0.4 is 11.5 Å². The van der Waals surface area contributed by atoms with Crippen LogP contribution in [0.1, 0.15) is 20.7 Å². The molecule has 0 bridgehead atoms. The molecule has 0 amide bonds. The van der Waals surface area contributed by atoms with Crippen LogP contribution >= 0.6 is 0 Å². The highest BCUT2D eigenvalue weighted by molar-refractivity contribution is 6.21. The molecule has 6 heteroatoms. The van der Waals surface area contributed by atoms with Gasteiger partial charge in [0.2, 0.25) is 5.54 Å². The molecule has 2 rings (SSSR count). The number of hydrogen-bond donors (Lipinski definition) is 3. The Morgan fingerprint density at radius 1 is 0.870 bits per heavy atom. The van der Waals surface area contributed by atoms with Crippen LogP contribution in [-0.4, -0.2) is 34.2 Å². The zero-order valence-corrected chi connectivity index (χ0v) is 12.2. The Labute approximate surface area is 132 Å². The first-order valence-electron chi connectivity index (χ1n) is 6.86. The fourth-order valence-corrected chi connectivity index (χ4v) is 2.19. The maximum absolute atomic E-state index is 12.5. The second kappa shape index (κ2) is 6.51. The van der Waals surface area contributed by atoms with Gasteiger partial charge in [-0.05, 0) is 0 Å². The molecule has 5 N–H and O–H groups in total. The lowest BCUT2D eigenvalue weighted by atomic mass is 9.80. The molecule has 6 nitrogen and oxygen atoms in total. The third-order valence-electron chi connectivity index (χ3n) is 3.60. The van der Waals surface area contributed by atoms with Gasteiger partial charge in [0.1, 0.15) is 6.04 Å². The van der Waals surface area contributed by atoms with Gasteiger partial charge < -0.3 is 16.6 Å². The molecule has 2 atom stereocenters. The number of Topliss-reactive ketones (excluding diaryl/α,β-unsaturated/α-hetero) is 2. The lowest BCUT2D eigenvalue weighted by molar-refractivity contribution is -0.141. The van der Waals surface area contributed by atoms with Crippen LogP contribution in [0.2, 0.25) is 0 Å². The van der Waals surface area contributed by atoms with E-state index in [1.54, 1.807) is 36.4 Å². The van der Waals surface area contributed by atoms with Gasteiger partial charge in [-0.1, -0.05) is 60.7 Å². The molecule has 2 aromatic carbocycles. The highest BCUT2D eigenvalue weighted by Gasteiger charge is 2.51. The number of carbonyl (C=O) groups excluding carboxylic acids is 2. The Hall–Kier alpha value is -2.83. The van der Waals surface area contributed by atoms with Crippen molar-refractivity contribution in [2.24, 2.45) is 11.5 Å². The van der Waals surface area contributed by atoms with Gasteiger partial charge >= 0.3 is 5.97 Å². The van der Waals surface area contributed by atoms with Gasteiger partial charge in [-0.3, -0.25) is 9.59 Å². The first kappa shape index (κ1) is 16.5. The molecule has 0 radical (unpaired) electrons. The van der Waals surface area contributed by atoms with Gasteiger partial charge in [-0.25, -0.2) is 4.79 Å². The third kappa shape index (κ3) is 3.03. The van der Waals surface area contributed by atoms with E-state index in [0.29, 0.717) is 0 Å². The lowest BCUT2D eigenvalue weighted by Crippen LogP contribution is -2.68. The average molecular weight is 312 g/mol. The quantitative estimate of drug-likeness (QED) is 0.537. The van der Waals surface area contributed by atoms with Gasteiger partial charge in [0.05, 0.1) is 0 Å². The summed E-state index contributed by atoms with van der Waals surface area (Å²) in [5.74, 6) is -3.27. The summed E-state index contributed by atoms with van der Waals surface area (Å²) in [7, 11) is 0. The van der Waals surface area contributed by atoms with Crippen LogP contribution in [0.4, 0.5) is 0 Å². The van der Waals surface area contributed by atoms with Crippen molar-refractivity contribution < 1.29 is 19.5 Å². The van der Waals surface area contributed by atoms with Crippen LogP contribution in [-0.2, 0) is 4.79 Å². The third-order valence-corrected chi connectivity index (χ3v) is 3.60. The molecule has 118 valence electrons. The maximum atomic E-state index is 12.5. The number of hydrogen-bond acceptors (Lipinski definition) is 5. The minimum atomic E-state index is -2.55. The zero-order valence-electron chi connectivity index (χ0n) is 12.2. The highest BCUT2D eigenvalue weighted by atomic mass is 16.4. The van der Waals surface area contributed by atoms with Crippen molar-refractivity contribution in [3.05, 3.63) is 71.8 Å². The van der Waals surface area contributed by atoms with E-state index >= 15 is 0 Å². The first-order chi connectivity index (χ1) is 10.9. The highest BCUT2D eigenvalue weighted by Crippen LogP contribution is 2.18. The summed E-state index contributed by atoms with van der Waals surface area (Å²) in [6, 6.07) is 13.8. The van der Waals surface area contributed by atoms with Gasteiger partial charge in [0, 0.05) is 11.1 Å². The van der Waals surface area contributed by atoms with Crippen molar-refractivity contribution >= 4 is 17.5 Å². The van der Waals surface area contributed by atoms with E-state index in [1.807, 2.05) is 0 Å². The summed E-state index contributed by atoms with van der Waals surface area (Å²) in [5, 5.41) is 9.45. The SMILES string of the molecule is NC(C(=O)c1ccccc1)C(N)(C(=O)O)C(=O)c1ccccc1. The number of carbonyl (C=O) groups is 3. The molecule has 0 aliphatic rings. The number of ketones is 2. The summed E-state index contributed by atoms with van der Waals surface area (Å²) in [6.45, 7) is 0. The van der Waals surface area contributed by atoms with E-state index in [-0.39, 0.29) is 11.1 Å². The molecule has 23 heavy (non-hydrogen) atoms. The number of carboxylic acids is 1. The maximum Gasteiger partial charge on any atom is 0.334 e.